The second-order valence-electron chi connectivity index (χ2n) is 4.11. The quantitative estimate of drug-likeness (QED) is 0.638. The molecule has 0 aliphatic heterocycles. The number of non-ortho nitro benzene ring substituents is 1. The number of aliphatic hydroxyl groups is 1. The number of anilines is 1. The molecule has 98 valence electrons. The molecule has 0 heterocycles. The third kappa shape index (κ3) is 3.53. The van der Waals surface area contributed by atoms with Crippen LogP contribution in [0.5, 0.6) is 0 Å². The van der Waals surface area contributed by atoms with Crippen LogP contribution in [0.4, 0.5) is 11.4 Å². The van der Waals surface area contributed by atoms with Gasteiger partial charge in [-0.15, -0.1) is 0 Å². The van der Waals surface area contributed by atoms with Gasteiger partial charge in [0.25, 0.3) is 5.69 Å². The molecule has 0 saturated heterocycles. The third-order valence-electron chi connectivity index (χ3n) is 2.76. The molecule has 2 aromatic rings. The number of nitrogens with one attached hydrogen (secondary N) is 1. The van der Waals surface area contributed by atoms with E-state index in [-0.39, 0.29) is 5.69 Å². The molecule has 0 amide bonds. The van der Waals surface area contributed by atoms with Gasteiger partial charge in [0.15, 0.2) is 0 Å². The fourth-order valence-corrected chi connectivity index (χ4v) is 1.71. The molecule has 0 aliphatic carbocycles. The van der Waals surface area contributed by atoms with Crippen molar-refractivity contribution in [2.75, 3.05) is 11.9 Å². The molecular formula is C14H14N2O3. The zero-order valence-electron chi connectivity index (χ0n) is 10.2. The van der Waals surface area contributed by atoms with Crippen LogP contribution in [0, 0.1) is 10.1 Å². The van der Waals surface area contributed by atoms with Gasteiger partial charge in [-0.25, -0.2) is 0 Å². The number of nitro groups is 1. The Kier molecular flexibility index (Phi) is 4.10. The third-order valence-corrected chi connectivity index (χ3v) is 2.76. The van der Waals surface area contributed by atoms with Gasteiger partial charge in [0.2, 0.25) is 0 Å². The van der Waals surface area contributed by atoms with Crippen molar-refractivity contribution in [1.29, 1.82) is 0 Å². The van der Waals surface area contributed by atoms with Crippen molar-refractivity contribution in [3.63, 3.8) is 0 Å². The molecule has 2 aromatic carbocycles. The molecule has 1 unspecified atom stereocenters. The van der Waals surface area contributed by atoms with E-state index in [0.29, 0.717) is 6.54 Å². The standard InChI is InChI=1S/C14H14N2O3/c17-14(11-4-2-1-3-5-11)10-15-12-6-8-13(9-7-12)16(18)19/h1-9,14-15,17H,10H2. The fourth-order valence-electron chi connectivity index (χ4n) is 1.71. The van der Waals surface area contributed by atoms with Crippen molar-refractivity contribution < 1.29 is 10.0 Å². The maximum atomic E-state index is 10.5. The van der Waals surface area contributed by atoms with Crippen LogP contribution in [0.1, 0.15) is 11.7 Å². The van der Waals surface area contributed by atoms with Gasteiger partial charge in [-0.2, -0.15) is 0 Å². The average Bonchev–Trinajstić information content (AvgIpc) is 2.46. The van der Waals surface area contributed by atoms with Gasteiger partial charge in [-0.1, -0.05) is 30.3 Å². The molecule has 0 spiro atoms. The molecule has 2 N–H and O–H groups in total. The lowest BCUT2D eigenvalue weighted by atomic mass is 10.1. The Bertz CT molecular complexity index is 540. The monoisotopic (exact) mass is 258 g/mol. The van der Waals surface area contributed by atoms with E-state index in [1.165, 1.54) is 12.1 Å². The zero-order chi connectivity index (χ0) is 13.7. The minimum Gasteiger partial charge on any atom is -0.387 e. The lowest BCUT2D eigenvalue weighted by molar-refractivity contribution is -0.384. The second kappa shape index (κ2) is 5.97. The summed E-state index contributed by atoms with van der Waals surface area (Å²) < 4.78 is 0. The molecule has 0 fully saturated rings. The summed E-state index contributed by atoms with van der Waals surface area (Å²) in [4.78, 5) is 10.1. The predicted octanol–water partition coefficient (Wildman–Crippen LogP) is 2.74. The van der Waals surface area contributed by atoms with Crippen LogP contribution < -0.4 is 5.32 Å². The number of hydrogen-bond acceptors (Lipinski definition) is 4. The fraction of sp³-hybridized carbons (Fsp3) is 0.143. The first kappa shape index (κ1) is 13.0. The minimum atomic E-state index is -0.614. The van der Waals surface area contributed by atoms with Crippen molar-refractivity contribution in [1.82, 2.24) is 0 Å². The number of rotatable bonds is 5. The van der Waals surface area contributed by atoms with E-state index in [2.05, 4.69) is 5.32 Å². The highest BCUT2D eigenvalue weighted by Crippen LogP contribution is 2.17. The van der Waals surface area contributed by atoms with Crippen LogP contribution in [-0.4, -0.2) is 16.6 Å². The molecule has 0 saturated carbocycles. The summed E-state index contributed by atoms with van der Waals surface area (Å²) in [7, 11) is 0. The van der Waals surface area contributed by atoms with Crippen molar-refractivity contribution in [2.24, 2.45) is 0 Å². The first-order valence-corrected chi connectivity index (χ1v) is 5.88. The lowest BCUT2D eigenvalue weighted by Crippen LogP contribution is -2.11. The molecular weight excluding hydrogens is 244 g/mol. The Morgan fingerprint density at radius 3 is 2.32 bits per heavy atom. The highest BCUT2D eigenvalue weighted by Gasteiger charge is 2.07. The number of nitrogens with zero attached hydrogens (tertiary/aromatic N) is 1. The number of aliphatic hydroxyl groups excluding tert-OH is 1. The van der Waals surface area contributed by atoms with E-state index in [1.807, 2.05) is 30.3 Å². The van der Waals surface area contributed by atoms with Gasteiger partial charge >= 0.3 is 0 Å². The molecule has 0 aromatic heterocycles. The van der Waals surface area contributed by atoms with E-state index in [4.69, 9.17) is 0 Å². The van der Waals surface area contributed by atoms with Gasteiger partial charge in [0.1, 0.15) is 0 Å². The Morgan fingerprint density at radius 2 is 1.74 bits per heavy atom. The maximum absolute atomic E-state index is 10.5. The van der Waals surface area contributed by atoms with Gasteiger partial charge in [0, 0.05) is 24.4 Å². The Labute approximate surface area is 110 Å². The second-order valence-corrected chi connectivity index (χ2v) is 4.11. The van der Waals surface area contributed by atoms with Crippen molar-refractivity contribution in [3.8, 4) is 0 Å². The van der Waals surface area contributed by atoms with E-state index in [0.717, 1.165) is 11.3 Å². The van der Waals surface area contributed by atoms with Crippen LogP contribution in [0.2, 0.25) is 0 Å². The minimum absolute atomic E-state index is 0.0501. The maximum Gasteiger partial charge on any atom is 0.269 e. The molecule has 0 radical (unpaired) electrons. The summed E-state index contributed by atoms with van der Waals surface area (Å²) in [6.45, 7) is 0.349. The molecule has 2 rings (SSSR count). The molecule has 5 heteroatoms. The summed E-state index contributed by atoms with van der Waals surface area (Å²) >= 11 is 0. The predicted molar refractivity (Wildman–Crippen MR) is 73.0 cm³/mol. The highest BCUT2D eigenvalue weighted by molar-refractivity contribution is 5.48. The number of nitro benzene ring substituents is 1. The summed E-state index contributed by atoms with van der Waals surface area (Å²) in [6, 6.07) is 15.4. The Balaban J connectivity index is 1.93. The van der Waals surface area contributed by atoms with E-state index in [1.54, 1.807) is 12.1 Å². The van der Waals surface area contributed by atoms with Gasteiger partial charge in [-0.05, 0) is 17.7 Å². The van der Waals surface area contributed by atoms with Gasteiger partial charge in [-0.3, -0.25) is 10.1 Å². The van der Waals surface area contributed by atoms with Gasteiger partial charge in [0.05, 0.1) is 11.0 Å². The SMILES string of the molecule is O=[N+]([O-])c1ccc(NCC(O)c2ccccc2)cc1. The summed E-state index contributed by atoms with van der Waals surface area (Å²) in [6.07, 6.45) is -0.614. The first-order chi connectivity index (χ1) is 9.16. The molecule has 0 aliphatic rings. The van der Waals surface area contributed by atoms with Crippen molar-refractivity contribution in [2.45, 2.75) is 6.10 Å². The topological polar surface area (TPSA) is 75.4 Å². The van der Waals surface area contributed by atoms with Gasteiger partial charge < -0.3 is 10.4 Å². The van der Waals surface area contributed by atoms with Crippen LogP contribution in [0.15, 0.2) is 54.6 Å². The lowest BCUT2D eigenvalue weighted by Gasteiger charge is -2.12. The smallest absolute Gasteiger partial charge is 0.269 e. The van der Waals surface area contributed by atoms with Crippen LogP contribution in [0.3, 0.4) is 0 Å². The Morgan fingerprint density at radius 1 is 1.11 bits per heavy atom. The highest BCUT2D eigenvalue weighted by atomic mass is 16.6. The van der Waals surface area contributed by atoms with Crippen LogP contribution >= 0.6 is 0 Å². The Hall–Kier alpha value is -2.40. The number of hydrogen-bond donors (Lipinski definition) is 2. The largest absolute Gasteiger partial charge is 0.387 e. The normalized spacial score (nSPS) is 11.8. The summed E-state index contributed by atoms with van der Waals surface area (Å²) in [5.74, 6) is 0. The van der Waals surface area contributed by atoms with Crippen LogP contribution in [-0.2, 0) is 0 Å². The molecule has 0 bridgehead atoms. The molecule has 19 heavy (non-hydrogen) atoms. The summed E-state index contributed by atoms with van der Waals surface area (Å²) in [5.41, 5.74) is 1.62. The zero-order valence-corrected chi connectivity index (χ0v) is 10.2. The van der Waals surface area contributed by atoms with E-state index in [9.17, 15) is 15.2 Å². The van der Waals surface area contributed by atoms with E-state index >= 15 is 0 Å². The first-order valence-electron chi connectivity index (χ1n) is 5.88. The molecule has 1 atom stereocenters. The summed E-state index contributed by atoms with van der Waals surface area (Å²) in [5, 5.41) is 23.5. The number of benzene rings is 2. The van der Waals surface area contributed by atoms with Crippen molar-refractivity contribution in [3.05, 3.63) is 70.3 Å². The average molecular weight is 258 g/mol. The van der Waals surface area contributed by atoms with Crippen LogP contribution in [0.25, 0.3) is 0 Å². The molecule has 5 nitrogen and oxygen atoms in total. The van der Waals surface area contributed by atoms with E-state index < -0.39 is 11.0 Å². The van der Waals surface area contributed by atoms with Crippen molar-refractivity contribution >= 4 is 11.4 Å².